The van der Waals surface area contributed by atoms with Gasteiger partial charge in [0.15, 0.2) is 11.5 Å². The lowest BCUT2D eigenvalue weighted by atomic mass is 9.91. The van der Waals surface area contributed by atoms with E-state index < -0.39 is 17.7 Å². The molecule has 2 aromatic rings. The molecule has 0 spiro atoms. The molecule has 1 atom stereocenters. The molecule has 0 bridgehead atoms. The molecule has 0 radical (unpaired) electrons. The van der Waals surface area contributed by atoms with Crippen LogP contribution in [0.5, 0.6) is 11.5 Å². The zero-order valence-corrected chi connectivity index (χ0v) is 17.7. The number of hydrogen-bond donors (Lipinski definition) is 1. The molecule has 162 valence electrons. The number of ketones is 1. The minimum absolute atomic E-state index is 0.0360. The number of methoxy groups -OCH3 is 2. The van der Waals surface area contributed by atoms with Crippen LogP contribution in [0, 0.1) is 0 Å². The number of aromatic nitrogens is 1. The number of ether oxygens (including phenoxy) is 2. The van der Waals surface area contributed by atoms with Gasteiger partial charge in [-0.2, -0.15) is 0 Å². The lowest BCUT2D eigenvalue weighted by Gasteiger charge is -2.35. The smallest absolute Gasteiger partial charge is 0.295 e. The normalized spacial score (nSPS) is 21.4. The molecule has 2 heterocycles. The zero-order valence-electron chi connectivity index (χ0n) is 17.7. The van der Waals surface area contributed by atoms with E-state index in [-0.39, 0.29) is 17.4 Å². The second-order valence-corrected chi connectivity index (χ2v) is 7.85. The van der Waals surface area contributed by atoms with E-state index in [0.29, 0.717) is 22.6 Å². The number of hydrogen-bond acceptors (Lipinski definition) is 6. The monoisotopic (exact) mass is 422 g/mol. The maximum absolute atomic E-state index is 13.1. The predicted molar refractivity (Wildman–Crippen MR) is 115 cm³/mol. The maximum Gasteiger partial charge on any atom is 0.295 e. The molecule has 1 amide bonds. The minimum Gasteiger partial charge on any atom is -0.507 e. The molecule has 1 aliphatic carbocycles. The van der Waals surface area contributed by atoms with Gasteiger partial charge in [-0.15, -0.1) is 0 Å². The van der Waals surface area contributed by atoms with Crippen LogP contribution in [-0.4, -0.2) is 46.9 Å². The SMILES string of the molecule is COc1ccc(/C(O)=C2/C(=O)C(=O)N(C3CCCCC3)C2c2cccnc2)cc1OC. The number of carbonyl (C=O) groups is 2. The van der Waals surface area contributed by atoms with Gasteiger partial charge in [0.25, 0.3) is 11.7 Å². The van der Waals surface area contributed by atoms with Gasteiger partial charge < -0.3 is 19.5 Å². The van der Waals surface area contributed by atoms with Gasteiger partial charge in [-0.3, -0.25) is 14.6 Å². The van der Waals surface area contributed by atoms with Crippen LogP contribution < -0.4 is 9.47 Å². The number of benzene rings is 1. The van der Waals surface area contributed by atoms with Crippen LogP contribution in [0.1, 0.15) is 49.3 Å². The van der Waals surface area contributed by atoms with Crippen molar-refractivity contribution in [3.63, 3.8) is 0 Å². The van der Waals surface area contributed by atoms with Gasteiger partial charge in [-0.1, -0.05) is 25.3 Å². The lowest BCUT2D eigenvalue weighted by Crippen LogP contribution is -2.40. The molecule has 7 nitrogen and oxygen atoms in total. The summed E-state index contributed by atoms with van der Waals surface area (Å²) in [6.45, 7) is 0. The van der Waals surface area contributed by atoms with E-state index >= 15 is 0 Å². The van der Waals surface area contributed by atoms with E-state index in [4.69, 9.17) is 9.47 Å². The van der Waals surface area contributed by atoms with Gasteiger partial charge in [0, 0.05) is 24.0 Å². The molecule has 1 saturated heterocycles. The molecular weight excluding hydrogens is 396 g/mol. The fraction of sp³-hybridized carbons (Fsp3) is 0.375. The van der Waals surface area contributed by atoms with Gasteiger partial charge in [-0.05, 0) is 42.7 Å². The molecule has 1 aromatic carbocycles. The Balaban J connectivity index is 1.86. The third kappa shape index (κ3) is 3.76. The van der Waals surface area contributed by atoms with Crippen LogP contribution in [0.25, 0.3) is 5.76 Å². The zero-order chi connectivity index (χ0) is 22.0. The van der Waals surface area contributed by atoms with Crippen LogP contribution in [0.15, 0.2) is 48.3 Å². The highest BCUT2D eigenvalue weighted by atomic mass is 16.5. The molecule has 1 aliphatic heterocycles. The van der Waals surface area contributed by atoms with E-state index in [1.54, 1.807) is 41.6 Å². The first-order chi connectivity index (χ1) is 15.1. The maximum atomic E-state index is 13.1. The topological polar surface area (TPSA) is 89.0 Å². The van der Waals surface area contributed by atoms with Gasteiger partial charge in [0.05, 0.1) is 25.8 Å². The highest BCUT2D eigenvalue weighted by molar-refractivity contribution is 6.46. The number of carbonyl (C=O) groups excluding carboxylic acids is 2. The van der Waals surface area contributed by atoms with Crippen molar-refractivity contribution < 1.29 is 24.2 Å². The standard InChI is InChI=1S/C24H26N2O5/c1-30-18-11-10-15(13-19(18)31-2)22(27)20-21(16-7-6-12-25-14-16)26(24(29)23(20)28)17-8-4-3-5-9-17/h6-7,10-14,17,21,27H,3-5,8-9H2,1-2H3/b22-20-. The molecule has 1 saturated carbocycles. The van der Waals surface area contributed by atoms with Crippen molar-refractivity contribution in [2.45, 2.75) is 44.2 Å². The summed E-state index contributed by atoms with van der Waals surface area (Å²) < 4.78 is 10.6. The number of rotatable bonds is 5. The highest BCUT2D eigenvalue weighted by Crippen LogP contribution is 2.43. The van der Waals surface area contributed by atoms with Crippen molar-refractivity contribution in [3.8, 4) is 11.5 Å². The first-order valence-corrected chi connectivity index (χ1v) is 10.5. The van der Waals surface area contributed by atoms with Crippen molar-refractivity contribution in [3.05, 3.63) is 59.4 Å². The summed E-state index contributed by atoms with van der Waals surface area (Å²) in [7, 11) is 3.02. The summed E-state index contributed by atoms with van der Waals surface area (Å²) in [5.41, 5.74) is 1.17. The Morgan fingerprint density at radius 1 is 1.06 bits per heavy atom. The van der Waals surface area contributed by atoms with Crippen LogP contribution in [0.3, 0.4) is 0 Å². The second-order valence-electron chi connectivity index (χ2n) is 7.85. The molecular formula is C24H26N2O5. The minimum atomic E-state index is -0.676. The van der Waals surface area contributed by atoms with Gasteiger partial charge in [0.1, 0.15) is 5.76 Å². The Kier molecular flexibility index (Phi) is 5.93. The second kappa shape index (κ2) is 8.79. The predicted octanol–water partition coefficient (Wildman–Crippen LogP) is 3.85. The van der Waals surface area contributed by atoms with Crippen LogP contribution in [-0.2, 0) is 9.59 Å². The Bertz CT molecular complexity index is 1010. The molecule has 1 N–H and O–H groups in total. The first kappa shape index (κ1) is 20.9. The van der Waals surface area contributed by atoms with Gasteiger partial charge in [-0.25, -0.2) is 0 Å². The summed E-state index contributed by atoms with van der Waals surface area (Å²) in [5.74, 6) is -0.544. The number of likely N-dealkylation sites (tertiary alicyclic amines) is 1. The Morgan fingerprint density at radius 2 is 1.81 bits per heavy atom. The van der Waals surface area contributed by atoms with E-state index in [2.05, 4.69) is 4.98 Å². The number of aliphatic hydroxyl groups is 1. The van der Waals surface area contributed by atoms with Crippen molar-refractivity contribution in [1.29, 1.82) is 0 Å². The van der Waals surface area contributed by atoms with E-state index in [1.165, 1.54) is 14.2 Å². The van der Waals surface area contributed by atoms with Crippen LogP contribution in [0.2, 0.25) is 0 Å². The average Bonchev–Trinajstić information content (AvgIpc) is 3.09. The molecule has 4 rings (SSSR count). The number of Topliss-reactive ketones (excluding diaryl/α,β-unsaturated/α-hetero) is 1. The summed E-state index contributed by atoms with van der Waals surface area (Å²) in [6.07, 6.45) is 8.15. The number of pyridine rings is 1. The van der Waals surface area contributed by atoms with E-state index in [0.717, 1.165) is 32.1 Å². The molecule has 31 heavy (non-hydrogen) atoms. The van der Waals surface area contributed by atoms with Crippen molar-refractivity contribution in [2.24, 2.45) is 0 Å². The van der Waals surface area contributed by atoms with Gasteiger partial charge in [0.2, 0.25) is 0 Å². The Labute approximate surface area is 181 Å². The highest BCUT2D eigenvalue weighted by Gasteiger charge is 2.49. The summed E-state index contributed by atoms with van der Waals surface area (Å²) in [4.78, 5) is 32.1. The largest absolute Gasteiger partial charge is 0.507 e. The molecule has 1 aromatic heterocycles. The summed E-state index contributed by atoms with van der Waals surface area (Å²) >= 11 is 0. The van der Waals surface area contributed by atoms with Crippen LogP contribution in [0.4, 0.5) is 0 Å². The number of nitrogens with zero attached hydrogens (tertiary/aromatic N) is 2. The van der Waals surface area contributed by atoms with Crippen molar-refractivity contribution in [2.75, 3.05) is 14.2 Å². The average molecular weight is 422 g/mol. The summed E-state index contributed by atoms with van der Waals surface area (Å²) in [5, 5.41) is 11.2. The fourth-order valence-electron chi connectivity index (χ4n) is 4.59. The van der Waals surface area contributed by atoms with Crippen LogP contribution >= 0.6 is 0 Å². The lowest BCUT2D eigenvalue weighted by molar-refractivity contribution is -0.141. The molecule has 2 aliphatic rings. The number of amides is 1. The number of aliphatic hydroxyl groups excluding tert-OH is 1. The van der Waals surface area contributed by atoms with Crippen molar-refractivity contribution in [1.82, 2.24) is 9.88 Å². The quantitative estimate of drug-likeness (QED) is 0.447. The summed E-state index contributed by atoms with van der Waals surface area (Å²) in [6, 6.07) is 7.79. The Morgan fingerprint density at radius 3 is 2.45 bits per heavy atom. The molecule has 1 unspecified atom stereocenters. The third-order valence-electron chi connectivity index (χ3n) is 6.11. The van der Waals surface area contributed by atoms with E-state index in [1.807, 2.05) is 6.07 Å². The fourth-order valence-corrected chi connectivity index (χ4v) is 4.59. The first-order valence-electron chi connectivity index (χ1n) is 10.5. The molecule has 7 heteroatoms. The Hall–Kier alpha value is -3.35. The molecule has 2 fully saturated rings. The van der Waals surface area contributed by atoms with Gasteiger partial charge >= 0.3 is 0 Å². The third-order valence-corrected chi connectivity index (χ3v) is 6.11. The van der Waals surface area contributed by atoms with Crippen molar-refractivity contribution >= 4 is 17.4 Å². The van der Waals surface area contributed by atoms with E-state index in [9.17, 15) is 14.7 Å².